The Hall–Kier alpha value is -1.13. The minimum absolute atomic E-state index is 0.130. The standard InChI is InChI=1S/C15H24FN3/c1-18(2)12-5-4-10-19(11-12)15-7-3-6-14(16)13(15)8-9-17/h3,6-7,12H,4-5,8-11,17H2,1-2H3. The first-order valence-electron chi connectivity index (χ1n) is 7.02. The SMILES string of the molecule is CN(C)C1CCCN(c2cccc(F)c2CCN)C1. The van der Waals surface area contributed by atoms with Crippen molar-refractivity contribution in [1.82, 2.24) is 4.90 Å². The second-order valence-electron chi connectivity index (χ2n) is 5.48. The van der Waals surface area contributed by atoms with Crippen LogP contribution in [0.1, 0.15) is 18.4 Å². The molecule has 1 fully saturated rings. The van der Waals surface area contributed by atoms with Crippen LogP contribution in [0.4, 0.5) is 10.1 Å². The average molecular weight is 265 g/mol. The molecule has 1 unspecified atom stereocenters. The molecule has 0 aliphatic carbocycles. The van der Waals surface area contributed by atoms with Crippen molar-refractivity contribution in [2.45, 2.75) is 25.3 Å². The molecule has 0 saturated carbocycles. The van der Waals surface area contributed by atoms with Gasteiger partial charge in [0.1, 0.15) is 5.82 Å². The molecule has 0 amide bonds. The fourth-order valence-electron chi connectivity index (χ4n) is 2.83. The van der Waals surface area contributed by atoms with E-state index >= 15 is 0 Å². The molecule has 1 aromatic carbocycles. The summed E-state index contributed by atoms with van der Waals surface area (Å²) < 4.78 is 14.0. The number of piperidine rings is 1. The number of benzene rings is 1. The zero-order chi connectivity index (χ0) is 13.8. The zero-order valence-electron chi connectivity index (χ0n) is 11.9. The van der Waals surface area contributed by atoms with Crippen LogP contribution in [0.2, 0.25) is 0 Å². The van der Waals surface area contributed by atoms with E-state index in [1.165, 1.54) is 12.5 Å². The van der Waals surface area contributed by atoms with Crippen LogP contribution in [-0.4, -0.2) is 44.7 Å². The number of nitrogens with zero attached hydrogens (tertiary/aromatic N) is 2. The largest absolute Gasteiger partial charge is 0.370 e. The van der Waals surface area contributed by atoms with Crippen LogP contribution < -0.4 is 10.6 Å². The fourth-order valence-corrected chi connectivity index (χ4v) is 2.83. The van der Waals surface area contributed by atoms with Gasteiger partial charge in [0.25, 0.3) is 0 Å². The van der Waals surface area contributed by atoms with Crippen molar-refractivity contribution in [2.24, 2.45) is 5.73 Å². The predicted molar refractivity (Wildman–Crippen MR) is 78.1 cm³/mol. The molecule has 1 heterocycles. The van der Waals surface area contributed by atoms with E-state index in [-0.39, 0.29) is 5.82 Å². The van der Waals surface area contributed by atoms with Crippen molar-refractivity contribution in [3.8, 4) is 0 Å². The first-order chi connectivity index (χ1) is 9.13. The summed E-state index contributed by atoms with van der Waals surface area (Å²) in [5.74, 6) is -0.130. The number of halogens is 1. The molecule has 4 heteroatoms. The maximum Gasteiger partial charge on any atom is 0.128 e. The van der Waals surface area contributed by atoms with Gasteiger partial charge in [0.05, 0.1) is 0 Å². The first-order valence-corrected chi connectivity index (χ1v) is 7.02. The highest BCUT2D eigenvalue weighted by Gasteiger charge is 2.23. The molecule has 1 atom stereocenters. The molecule has 19 heavy (non-hydrogen) atoms. The van der Waals surface area contributed by atoms with E-state index in [2.05, 4.69) is 23.9 Å². The Morgan fingerprint density at radius 3 is 2.89 bits per heavy atom. The van der Waals surface area contributed by atoms with Crippen molar-refractivity contribution in [3.63, 3.8) is 0 Å². The maximum absolute atomic E-state index is 14.0. The van der Waals surface area contributed by atoms with E-state index in [0.29, 0.717) is 19.0 Å². The summed E-state index contributed by atoms with van der Waals surface area (Å²) in [6, 6.07) is 5.89. The minimum atomic E-state index is -0.130. The minimum Gasteiger partial charge on any atom is -0.370 e. The summed E-state index contributed by atoms with van der Waals surface area (Å²) in [7, 11) is 4.22. The smallest absolute Gasteiger partial charge is 0.128 e. The summed E-state index contributed by atoms with van der Waals surface area (Å²) in [4.78, 5) is 4.57. The highest BCUT2D eigenvalue weighted by atomic mass is 19.1. The highest BCUT2D eigenvalue weighted by Crippen LogP contribution is 2.27. The molecule has 1 aromatic rings. The number of nitrogens with two attached hydrogens (primary N) is 1. The van der Waals surface area contributed by atoms with Gasteiger partial charge >= 0.3 is 0 Å². The Bertz CT molecular complexity index is 420. The molecular weight excluding hydrogens is 241 g/mol. The second-order valence-corrected chi connectivity index (χ2v) is 5.48. The van der Waals surface area contributed by atoms with Gasteiger partial charge in [-0.3, -0.25) is 0 Å². The fraction of sp³-hybridized carbons (Fsp3) is 0.600. The molecule has 0 bridgehead atoms. The number of likely N-dealkylation sites (N-methyl/N-ethyl adjacent to an activating group) is 1. The number of rotatable bonds is 4. The lowest BCUT2D eigenvalue weighted by Gasteiger charge is -2.38. The molecule has 1 saturated heterocycles. The van der Waals surface area contributed by atoms with Gasteiger partial charge in [-0.15, -0.1) is 0 Å². The third kappa shape index (κ3) is 3.25. The lowest BCUT2D eigenvalue weighted by molar-refractivity contribution is 0.258. The van der Waals surface area contributed by atoms with Crippen molar-refractivity contribution in [2.75, 3.05) is 38.6 Å². The van der Waals surface area contributed by atoms with Crippen molar-refractivity contribution in [3.05, 3.63) is 29.6 Å². The zero-order valence-corrected chi connectivity index (χ0v) is 11.9. The van der Waals surface area contributed by atoms with Gasteiger partial charge in [0.15, 0.2) is 0 Å². The summed E-state index contributed by atoms with van der Waals surface area (Å²) in [6.07, 6.45) is 2.97. The topological polar surface area (TPSA) is 32.5 Å². The van der Waals surface area contributed by atoms with Gasteiger partial charge in [0, 0.05) is 30.4 Å². The molecule has 0 radical (unpaired) electrons. The number of hydrogen-bond donors (Lipinski definition) is 1. The Balaban J connectivity index is 2.23. The summed E-state index contributed by atoms with van der Waals surface area (Å²) >= 11 is 0. The van der Waals surface area contributed by atoms with Crippen LogP contribution in [0.25, 0.3) is 0 Å². The van der Waals surface area contributed by atoms with Gasteiger partial charge in [-0.1, -0.05) is 6.07 Å². The van der Waals surface area contributed by atoms with Crippen molar-refractivity contribution < 1.29 is 4.39 Å². The first kappa shape index (κ1) is 14.3. The Kier molecular flexibility index (Phi) is 4.77. The summed E-state index contributed by atoms with van der Waals surface area (Å²) in [5.41, 5.74) is 7.40. The van der Waals surface area contributed by atoms with E-state index in [9.17, 15) is 4.39 Å². The molecule has 0 spiro atoms. The van der Waals surface area contributed by atoms with Crippen LogP contribution >= 0.6 is 0 Å². The number of hydrogen-bond acceptors (Lipinski definition) is 3. The maximum atomic E-state index is 14.0. The lowest BCUT2D eigenvalue weighted by Crippen LogP contribution is -2.45. The Morgan fingerprint density at radius 1 is 1.42 bits per heavy atom. The molecule has 0 aromatic heterocycles. The van der Waals surface area contributed by atoms with Gasteiger partial charge in [0.2, 0.25) is 0 Å². The third-order valence-electron chi connectivity index (χ3n) is 3.96. The van der Waals surface area contributed by atoms with Crippen molar-refractivity contribution >= 4 is 5.69 Å². The van der Waals surface area contributed by atoms with E-state index in [1.54, 1.807) is 6.07 Å². The molecule has 1 aliphatic heterocycles. The summed E-state index contributed by atoms with van der Waals surface area (Å²) in [6.45, 7) is 2.46. The molecular formula is C15H24FN3. The van der Waals surface area contributed by atoms with Gasteiger partial charge in [-0.25, -0.2) is 4.39 Å². The molecule has 3 nitrogen and oxygen atoms in total. The number of anilines is 1. The second kappa shape index (κ2) is 6.35. The molecule has 2 N–H and O–H groups in total. The van der Waals surface area contributed by atoms with Crippen LogP contribution in [0.15, 0.2) is 18.2 Å². The Morgan fingerprint density at radius 2 is 2.21 bits per heavy atom. The van der Waals surface area contributed by atoms with E-state index in [1.807, 2.05) is 6.07 Å². The quantitative estimate of drug-likeness (QED) is 0.902. The molecule has 106 valence electrons. The summed E-state index contributed by atoms with van der Waals surface area (Å²) in [5, 5.41) is 0. The predicted octanol–water partition coefficient (Wildman–Crippen LogP) is 1.86. The normalized spacial score (nSPS) is 20.1. The van der Waals surface area contributed by atoms with Crippen molar-refractivity contribution in [1.29, 1.82) is 0 Å². The van der Waals surface area contributed by atoms with Crippen LogP contribution in [-0.2, 0) is 6.42 Å². The lowest BCUT2D eigenvalue weighted by atomic mass is 10.0. The molecule has 2 rings (SSSR count). The van der Waals surface area contributed by atoms with E-state index in [4.69, 9.17) is 5.73 Å². The van der Waals surface area contributed by atoms with Gasteiger partial charge < -0.3 is 15.5 Å². The highest BCUT2D eigenvalue weighted by molar-refractivity contribution is 5.55. The van der Waals surface area contributed by atoms with Gasteiger partial charge in [-0.2, -0.15) is 0 Å². The van der Waals surface area contributed by atoms with Crippen LogP contribution in [0, 0.1) is 5.82 Å². The Labute approximate surface area is 115 Å². The monoisotopic (exact) mass is 265 g/mol. The average Bonchev–Trinajstić information content (AvgIpc) is 2.41. The van der Waals surface area contributed by atoms with Crippen LogP contribution in [0.5, 0.6) is 0 Å². The van der Waals surface area contributed by atoms with E-state index < -0.39 is 0 Å². The van der Waals surface area contributed by atoms with Crippen LogP contribution in [0.3, 0.4) is 0 Å². The van der Waals surface area contributed by atoms with E-state index in [0.717, 1.165) is 30.8 Å². The molecule has 1 aliphatic rings. The van der Waals surface area contributed by atoms with Gasteiger partial charge in [-0.05, 0) is 52.0 Å². The third-order valence-corrected chi connectivity index (χ3v) is 3.96.